The molecule has 0 saturated carbocycles. The first-order valence-corrected chi connectivity index (χ1v) is 12.3. The van der Waals surface area contributed by atoms with Crippen molar-refractivity contribution in [3.63, 3.8) is 0 Å². The van der Waals surface area contributed by atoms with Gasteiger partial charge in [-0.3, -0.25) is 14.4 Å². The monoisotopic (exact) mass is 565 g/mol. The molecule has 3 rings (SSSR count). The Kier molecular flexibility index (Phi) is 11.5. The summed E-state index contributed by atoms with van der Waals surface area (Å²) in [5.74, 6) is -2.16. The van der Waals surface area contributed by atoms with Crippen LogP contribution in [0.4, 0.5) is 0 Å². The normalized spacial score (nSPS) is 20.4. The fourth-order valence-corrected chi connectivity index (χ4v) is 4.28. The number of nitrogens with one attached hydrogen (secondary N) is 2. The van der Waals surface area contributed by atoms with E-state index in [0.717, 1.165) is 0 Å². The Labute approximate surface area is 232 Å². The lowest BCUT2D eigenvalue weighted by Gasteiger charge is -2.28. The molecule has 1 heterocycles. The number of likely N-dealkylation sites (N-methyl/N-ethyl adjacent to an activating group) is 1. The van der Waals surface area contributed by atoms with Gasteiger partial charge in [0.25, 0.3) is 0 Å². The third-order valence-corrected chi connectivity index (χ3v) is 6.53. The second-order valence-corrected chi connectivity index (χ2v) is 9.43. The highest BCUT2D eigenvalue weighted by atomic mass is 35.5. The average molecular weight is 566 g/mol. The molecule has 0 aliphatic carbocycles. The first kappa shape index (κ1) is 31.8. The number of nitrogens with zero attached hydrogens (tertiary/aromatic N) is 1. The van der Waals surface area contributed by atoms with Crippen LogP contribution >= 0.6 is 12.4 Å². The number of aliphatic hydroxyl groups is 2. The molecule has 214 valence electrons. The molecule has 2 aromatic carbocycles. The molecule has 1 aliphatic rings. The Bertz CT molecular complexity index is 1180. The van der Waals surface area contributed by atoms with Gasteiger partial charge in [-0.25, -0.2) is 0 Å². The fourth-order valence-electron chi connectivity index (χ4n) is 4.28. The van der Waals surface area contributed by atoms with Crippen molar-refractivity contribution < 1.29 is 34.8 Å². The summed E-state index contributed by atoms with van der Waals surface area (Å²) in [6.07, 6.45) is -1.52. The molecule has 13 heteroatoms. The number of hydrogen-bond donors (Lipinski definition) is 8. The molecule has 0 aromatic heterocycles. The van der Waals surface area contributed by atoms with E-state index in [1.54, 1.807) is 24.3 Å². The molecule has 39 heavy (non-hydrogen) atoms. The van der Waals surface area contributed by atoms with Gasteiger partial charge in [-0.15, -0.1) is 12.4 Å². The molecule has 0 radical (unpaired) electrons. The van der Waals surface area contributed by atoms with Gasteiger partial charge in [0.15, 0.2) is 0 Å². The van der Waals surface area contributed by atoms with Gasteiger partial charge in [0.05, 0.1) is 18.8 Å². The molecule has 12 nitrogen and oxygen atoms in total. The number of halogens is 1. The van der Waals surface area contributed by atoms with E-state index in [2.05, 4.69) is 10.6 Å². The molecule has 0 saturated heterocycles. The average Bonchev–Trinajstić information content (AvgIpc) is 2.89. The van der Waals surface area contributed by atoms with Crippen LogP contribution in [0.2, 0.25) is 0 Å². The van der Waals surface area contributed by atoms with Crippen molar-refractivity contribution in [3.8, 4) is 22.6 Å². The Morgan fingerprint density at radius 3 is 2.13 bits per heavy atom. The van der Waals surface area contributed by atoms with Crippen LogP contribution in [0.5, 0.6) is 11.5 Å². The Morgan fingerprint density at radius 1 is 1.03 bits per heavy atom. The molecule has 0 unspecified atom stereocenters. The lowest BCUT2D eigenvalue weighted by Crippen LogP contribution is -2.57. The maximum absolute atomic E-state index is 13.3. The molecule has 2 aromatic rings. The number of carbonyl (C=O) groups is 3. The summed E-state index contributed by atoms with van der Waals surface area (Å²) in [7, 11) is 1.46. The van der Waals surface area contributed by atoms with Gasteiger partial charge < -0.3 is 47.4 Å². The summed E-state index contributed by atoms with van der Waals surface area (Å²) in [6, 6.07) is 6.01. The van der Waals surface area contributed by atoms with Gasteiger partial charge in [0.1, 0.15) is 23.6 Å². The highest BCUT2D eigenvalue weighted by Crippen LogP contribution is 2.31. The zero-order valence-electron chi connectivity index (χ0n) is 21.5. The number of nitrogens with two attached hydrogens (primary N) is 2. The fraction of sp³-hybridized carbons (Fsp3) is 0.423. The molecular formula is C26H36ClN5O7. The number of amides is 3. The van der Waals surface area contributed by atoms with E-state index in [1.165, 1.54) is 24.1 Å². The quantitative estimate of drug-likeness (QED) is 0.210. The highest BCUT2D eigenvalue weighted by Gasteiger charge is 2.32. The first-order chi connectivity index (χ1) is 18.0. The SMILES string of the molecule is CN(CCO)C(=O)[C@H]1Cc2cc(ccc2O)-c2ccc(O)c(c2)C[C@H](N)C(=O)N[C@H](C[C@@H](O)CN)C(=O)N1.Cl. The third kappa shape index (κ3) is 8.04. The maximum Gasteiger partial charge on any atom is 0.245 e. The zero-order chi connectivity index (χ0) is 28.0. The van der Waals surface area contributed by atoms with Gasteiger partial charge >= 0.3 is 0 Å². The highest BCUT2D eigenvalue weighted by molar-refractivity contribution is 5.93. The smallest absolute Gasteiger partial charge is 0.245 e. The van der Waals surface area contributed by atoms with Crippen molar-refractivity contribution in [1.29, 1.82) is 0 Å². The van der Waals surface area contributed by atoms with E-state index in [9.17, 15) is 34.8 Å². The summed E-state index contributed by atoms with van der Waals surface area (Å²) in [5.41, 5.74) is 13.7. The van der Waals surface area contributed by atoms with Crippen LogP contribution in [-0.2, 0) is 27.2 Å². The van der Waals surface area contributed by atoms with Crippen LogP contribution in [-0.4, -0.2) is 94.0 Å². The molecule has 4 atom stereocenters. The van der Waals surface area contributed by atoms with E-state index in [1.807, 2.05) is 0 Å². The van der Waals surface area contributed by atoms with Crippen LogP contribution in [0.15, 0.2) is 36.4 Å². The van der Waals surface area contributed by atoms with Gasteiger partial charge in [-0.1, -0.05) is 12.1 Å². The van der Waals surface area contributed by atoms with Crippen molar-refractivity contribution in [2.75, 3.05) is 26.7 Å². The van der Waals surface area contributed by atoms with Gasteiger partial charge in [0, 0.05) is 39.4 Å². The summed E-state index contributed by atoms with van der Waals surface area (Å²) < 4.78 is 0. The number of phenols is 2. The molecular weight excluding hydrogens is 530 g/mol. The first-order valence-electron chi connectivity index (χ1n) is 12.3. The number of rotatable bonds is 6. The van der Waals surface area contributed by atoms with E-state index >= 15 is 0 Å². The third-order valence-electron chi connectivity index (χ3n) is 6.53. The second kappa shape index (κ2) is 14.1. The number of benzene rings is 2. The summed E-state index contributed by atoms with van der Waals surface area (Å²) in [5, 5.41) is 45.5. The molecule has 3 amide bonds. The number of aliphatic hydroxyl groups excluding tert-OH is 2. The maximum atomic E-state index is 13.3. The molecule has 4 bridgehead atoms. The summed E-state index contributed by atoms with van der Waals surface area (Å²) >= 11 is 0. The molecule has 1 aliphatic heterocycles. The minimum atomic E-state index is -1.28. The van der Waals surface area contributed by atoms with Crippen molar-refractivity contribution in [2.24, 2.45) is 11.5 Å². The van der Waals surface area contributed by atoms with Crippen molar-refractivity contribution in [3.05, 3.63) is 47.5 Å². The Hall–Kier alpha value is -3.42. The largest absolute Gasteiger partial charge is 0.508 e. The Morgan fingerprint density at radius 2 is 1.59 bits per heavy atom. The number of fused-ring (bicyclic) bond motifs is 5. The van der Waals surface area contributed by atoms with Gasteiger partial charge in [-0.05, 0) is 46.5 Å². The van der Waals surface area contributed by atoms with Crippen LogP contribution in [0.25, 0.3) is 11.1 Å². The van der Waals surface area contributed by atoms with E-state index < -0.39 is 42.0 Å². The van der Waals surface area contributed by atoms with Crippen LogP contribution < -0.4 is 22.1 Å². The van der Waals surface area contributed by atoms with Gasteiger partial charge in [0.2, 0.25) is 17.7 Å². The molecule has 0 spiro atoms. The van der Waals surface area contributed by atoms with Crippen LogP contribution in [0.3, 0.4) is 0 Å². The number of phenolic OH excluding ortho intramolecular Hbond substituents is 2. The molecule has 0 fully saturated rings. The zero-order valence-corrected chi connectivity index (χ0v) is 22.4. The predicted octanol–water partition coefficient (Wildman–Crippen LogP) is -1.26. The van der Waals surface area contributed by atoms with Crippen molar-refractivity contribution >= 4 is 30.1 Å². The minimum absolute atomic E-state index is 0. The molecule has 10 N–H and O–H groups in total. The lowest BCUT2D eigenvalue weighted by atomic mass is 9.95. The van der Waals surface area contributed by atoms with Crippen LogP contribution in [0.1, 0.15) is 17.5 Å². The topological polar surface area (TPSA) is 211 Å². The van der Waals surface area contributed by atoms with E-state index in [-0.39, 0.29) is 62.9 Å². The van der Waals surface area contributed by atoms with Crippen molar-refractivity contribution in [2.45, 2.75) is 43.5 Å². The summed E-state index contributed by atoms with van der Waals surface area (Å²) in [6.45, 7) is -0.463. The summed E-state index contributed by atoms with van der Waals surface area (Å²) in [4.78, 5) is 40.7. The van der Waals surface area contributed by atoms with E-state index in [0.29, 0.717) is 22.3 Å². The number of hydrogen-bond acceptors (Lipinski definition) is 9. The second-order valence-electron chi connectivity index (χ2n) is 9.43. The predicted molar refractivity (Wildman–Crippen MR) is 146 cm³/mol. The minimum Gasteiger partial charge on any atom is -0.508 e. The number of aromatic hydroxyl groups is 2. The lowest BCUT2D eigenvalue weighted by molar-refractivity contribution is -0.137. The van der Waals surface area contributed by atoms with Crippen molar-refractivity contribution in [1.82, 2.24) is 15.5 Å². The van der Waals surface area contributed by atoms with Gasteiger partial charge in [-0.2, -0.15) is 0 Å². The van der Waals surface area contributed by atoms with E-state index in [4.69, 9.17) is 11.5 Å². The standard InChI is InChI=1S/C26H35N5O7.ClH/c1-31(6-7-32)26(38)21-11-17-9-15(3-5-23(17)35)14-2-4-22(34)16(8-14)10-19(28)24(36)29-20(25(37)30-21)12-18(33)13-27;/h2-5,8-9,18-21,32-35H,6-7,10-13,27-28H2,1H3,(H,29,36)(H,30,37);1H/t18-,19+,20-,21-;/m1./s1. The number of carbonyl (C=O) groups excluding carboxylic acids is 3. The Balaban J connectivity index is 0.00000533. The van der Waals surface area contributed by atoms with Crippen LogP contribution in [0, 0.1) is 0 Å².